The Hall–Kier alpha value is -4.96. The molecule has 4 nitrogen and oxygen atoms in total. The van der Waals surface area contributed by atoms with Crippen LogP contribution < -0.4 is 0 Å². The molecule has 6 aliphatic rings. The number of pyridine rings is 4. The quantitative estimate of drug-likeness (QED) is 0.214. The Morgan fingerprint density at radius 2 is 0.341 bits per heavy atom. The van der Waals surface area contributed by atoms with Crippen molar-refractivity contribution in [3.63, 3.8) is 0 Å². The van der Waals surface area contributed by atoms with E-state index in [1.165, 1.54) is 44.5 Å². The van der Waals surface area contributed by atoms with E-state index in [1.54, 1.807) is 0 Å². The van der Waals surface area contributed by atoms with Crippen molar-refractivity contribution < 1.29 is 0 Å². The lowest BCUT2D eigenvalue weighted by molar-refractivity contribution is 0.222. The summed E-state index contributed by atoms with van der Waals surface area (Å²) in [7, 11) is 0. The summed E-state index contributed by atoms with van der Waals surface area (Å²) in [6, 6.07) is 37.1. The fraction of sp³-hybridized carbons (Fsp3) is 0.200. The summed E-state index contributed by atoms with van der Waals surface area (Å²) < 4.78 is 0. The summed E-state index contributed by atoms with van der Waals surface area (Å²) in [4.78, 5) is 17.4. The minimum Gasteiger partial charge on any atom is -0.265 e. The van der Waals surface area contributed by atoms with Crippen LogP contribution in [0.3, 0.4) is 0 Å². The van der Waals surface area contributed by atoms with Crippen LogP contribution in [0.25, 0.3) is 0 Å². The summed E-state index contributed by atoms with van der Waals surface area (Å²) >= 11 is 0. The Bertz CT molecular complexity index is 1590. The Morgan fingerprint density at radius 3 is 0.500 bits per heavy atom. The zero-order valence-electron chi connectivity index (χ0n) is 24.3. The van der Waals surface area contributed by atoms with Crippen molar-refractivity contribution in [1.82, 2.24) is 19.9 Å². The molecular formula is C40H32N4. The molecule has 2 aromatic carbocycles. The summed E-state index contributed by atoms with van der Waals surface area (Å²) in [6.07, 6.45) is 15.5. The highest BCUT2D eigenvalue weighted by Gasteiger charge is 2.55. The van der Waals surface area contributed by atoms with E-state index in [9.17, 15) is 0 Å². The second-order valence-corrected chi connectivity index (χ2v) is 12.7. The van der Waals surface area contributed by atoms with Gasteiger partial charge in [-0.2, -0.15) is 0 Å². The Morgan fingerprint density at radius 1 is 0.205 bits per heavy atom. The molecule has 4 aromatic heterocycles. The van der Waals surface area contributed by atoms with E-state index in [0.29, 0.717) is 47.3 Å². The maximum absolute atomic E-state index is 4.35. The second kappa shape index (κ2) is 10.3. The minimum absolute atomic E-state index is 0.357. The molecule has 8 atom stereocenters. The Balaban J connectivity index is 1.22. The molecule has 4 bridgehead atoms. The standard InChI is InChI=1S/C40H32N4/c1-2-26-4-3-25(1)33-35(39(31-13-21-43-22-14-31)37(33)29-9-17-41-18-10-29)27-5-7-28(8-6-27)36-34(26)38(30-11-19-42-20-12-30)40(36)32-15-23-44-24-16-32/h1-24,33-40H/t33-,34-,35+,36+,37+,38+,39-,40-. The number of nitrogens with zero attached hydrogens (tertiary/aromatic N) is 4. The van der Waals surface area contributed by atoms with Gasteiger partial charge in [0, 0.05) is 49.6 Å². The predicted octanol–water partition coefficient (Wildman–Crippen LogP) is 8.48. The van der Waals surface area contributed by atoms with E-state index in [2.05, 4.69) is 117 Å². The average Bonchev–Trinajstić information content (AvgIpc) is 3.07. The van der Waals surface area contributed by atoms with Crippen molar-refractivity contribution in [3.8, 4) is 0 Å². The molecular weight excluding hydrogens is 536 g/mol. The van der Waals surface area contributed by atoms with Gasteiger partial charge in [0.1, 0.15) is 0 Å². The fourth-order valence-corrected chi connectivity index (χ4v) is 9.04. The highest BCUT2D eigenvalue weighted by atomic mass is 14.7. The molecule has 2 fully saturated rings. The SMILES string of the molecule is c1cc([C@@H]2[C@H](c3ccncc3)[C@H]3c4ccc(cc4)[C@@H]4[C@@H](c5ccncc5)[C@@H](c5ccncc5)[C@@H]4c4ccc(cc4)[C@@H]23)ccn1. The third-order valence-corrected chi connectivity index (χ3v) is 10.9. The maximum atomic E-state index is 4.35. The average molecular weight is 569 g/mol. The first-order chi connectivity index (χ1) is 21.9. The first-order valence-electron chi connectivity index (χ1n) is 15.7. The van der Waals surface area contributed by atoms with Crippen LogP contribution in [0, 0.1) is 0 Å². The summed E-state index contributed by atoms with van der Waals surface area (Å²) in [5.41, 5.74) is 11.1. The molecule has 0 aliphatic heterocycles. The van der Waals surface area contributed by atoms with Crippen LogP contribution in [0.4, 0.5) is 0 Å². The molecule has 6 aromatic rings. The smallest absolute Gasteiger partial charge is 0.0270 e. The number of hydrogen-bond acceptors (Lipinski definition) is 4. The first kappa shape index (κ1) is 25.5. The van der Waals surface area contributed by atoms with Gasteiger partial charge in [0.15, 0.2) is 0 Å². The van der Waals surface area contributed by atoms with Gasteiger partial charge in [-0.15, -0.1) is 0 Å². The van der Waals surface area contributed by atoms with Gasteiger partial charge in [-0.1, -0.05) is 48.5 Å². The fourth-order valence-electron chi connectivity index (χ4n) is 9.04. The van der Waals surface area contributed by atoms with Gasteiger partial charge < -0.3 is 0 Å². The molecule has 2 saturated carbocycles. The van der Waals surface area contributed by atoms with Crippen molar-refractivity contribution in [2.45, 2.75) is 47.3 Å². The third-order valence-electron chi connectivity index (χ3n) is 10.9. The van der Waals surface area contributed by atoms with Gasteiger partial charge >= 0.3 is 0 Å². The molecule has 6 aliphatic carbocycles. The van der Waals surface area contributed by atoms with E-state index >= 15 is 0 Å². The van der Waals surface area contributed by atoms with Gasteiger partial charge in [0.05, 0.1) is 0 Å². The van der Waals surface area contributed by atoms with Gasteiger partial charge in [0.25, 0.3) is 0 Å². The highest BCUT2D eigenvalue weighted by molar-refractivity contribution is 5.53. The molecule has 0 spiro atoms. The lowest BCUT2D eigenvalue weighted by Crippen LogP contribution is -2.41. The molecule has 0 unspecified atom stereocenters. The number of rotatable bonds is 4. The topological polar surface area (TPSA) is 51.6 Å². The van der Waals surface area contributed by atoms with Crippen molar-refractivity contribution in [2.75, 3.05) is 0 Å². The molecule has 212 valence electrons. The Kier molecular flexibility index (Phi) is 6.00. The number of aromatic nitrogens is 4. The lowest BCUT2D eigenvalue weighted by Gasteiger charge is -2.55. The van der Waals surface area contributed by atoms with Crippen LogP contribution in [0.5, 0.6) is 0 Å². The maximum Gasteiger partial charge on any atom is 0.0270 e. The largest absolute Gasteiger partial charge is 0.265 e. The minimum atomic E-state index is 0.357. The first-order valence-corrected chi connectivity index (χ1v) is 15.7. The normalized spacial score (nSPS) is 28.0. The Labute approximate surface area is 257 Å². The van der Waals surface area contributed by atoms with Crippen molar-refractivity contribution in [1.29, 1.82) is 0 Å². The molecule has 4 heteroatoms. The predicted molar refractivity (Wildman–Crippen MR) is 172 cm³/mol. The molecule has 0 amide bonds. The molecule has 0 saturated heterocycles. The molecule has 44 heavy (non-hydrogen) atoms. The van der Waals surface area contributed by atoms with Crippen LogP contribution >= 0.6 is 0 Å². The number of hydrogen-bond donors (Lipinski definition) is 0. The zero-order chi connectivity index (χ0) is 29.0. The van der Waals surface area contributed by atoms with Crippen LogP contribution in [0.2, 0.25) is 0 Å². The zero-order valence-corrected chi connectivity index (χ0v) is 24.3. The molecule has 12 rings (SSSR count). The van der Waals surface area contributed by atoms with Gasteiger partial charge in [0.2, 0.25) is 0 Å². The molecule has 4 heterocycles. The molecule has 0 radical (unpaired) electrons. The summed E-state index contributed by atoms with van der Waals surface area (Å²) in [5, 5.41) is 0. The summed E-state index contributed by atoms with van der Waals surface area (Å²) in [5.74, 6) is 2.90. The summed E-state index contributed by atoms with van der Waals surface area (Å²) in [6.45, 7) is 0. The van der Waals surface area contributed by atoms with Crippen molar-refractivity contribution >= 4 is 0 Å². The van der Waals surface area contributed by atoms with Gasteiger partial charge in [-0.25, -0.2) is 0 Å². The van der Waals surface area contributed by atoms with Gasteiger partial charge in [-0.05, 0) is 140 Å². The van der Waals surface area contributed by atoms with Gasteiger partial charge in [-0.3, -0.25) is 19.9 Å². The van der Waals surface area contributed by atoms with E-state index in [4.69, 9.17) is 0 Å². The third kappa shape index (κ3) is 3.90. The van der Waals surface area contributed by atoms with E-state index in [-0.39, 0.29) is 0 Å². The van der Waals surface area contributed by atoms with Crippen molar-refractivity contribution in [2.24, 2.45) is 0 Å². The number of benzene rings is 2. The highest BCUT2D eigenvalue weighted by Crippen LogP contribution is 2.69. The molecule has 0 N–H and O–H groups in total. The van der Waals surface area contributed by atoms with Crippen LogP contribution in [-0.4, -0.2) is 19.9 Å². The van der Waals surface area contributed by atoms with E-state index in [0.717, 1.165) is 0 Å². The van der Waals surface area contributed by atoms with Crippen molar-refractivity contribution in [3.05, 3.63) is 191 Å². The van der Waals surface area contributed by atoms with Crippen LogP contribution in [0.15, 0.2) is 147 Å². The van der Waals surface area contributed by atoms with Crippen LogP contribution in [0.1, 0.15) is 91.9 Å². The lowest BCUT2D eigenvalue weighted by atomic mass is 9.47. The second-order valence-electron chi connectivity index (χ2n) is 12.7. The van der Waals surface area contributed by atoms with E-state index in [1.807, 2.05) is 49.6 Å². The van der Waals surface area contributed by atoms with E-state index < -0.39 is 0 Å². The monoisotopic (exact) mass is 568 g/mol. The van der Waals surface area contributed by atoms with Crippen LogP contribution in [-0.2, 0) is 0 Å².